The third-order valence-electron chi connectivity index (χ3n) is 11.7. The van der Waals surface area contributed by atoms with Gasteiger partial charge in [0.05, 0.1) is 6.10 Å². The zero-order chi connectivity index (χ0) is 47.0. The largest absolute Gasteiger partial charge is 0.524 e. The van der Waals surface area contributed by atoms with E-state index >= 15 is 0 Å². The van der Waals surface area contributed by atoms with Gasteiger partial charge in [0.2, 0.25) is 35.4 Å². The number of aromatic amines is 1. The molecule has 6 amide bonds. The number of rotatable bonds is 11. The van der Waals surface area contributed by atoms with Crippen molar-refractivity contribution in [2.75, 3.05) is 6.54 Å². The molecule has 2 saturated heterocycles. The number of nitrogens with one attached hydrogen (secondary N) is 6. The van der Waals surface area contributed by atoms with Crippen molar-refractivity contribution in [1.82, 2.24) is 36.5 Å². The van der Waals surface area contributed by atoms with Crippen LogP contribution in [0.4, 0.5) is 0 Å². The maximum atomic E-state index is 14.7. The van der Waals surface area contributed by atoms with Crippen LogP contribution in [0, 0.1) is 0 Å². The molecule has 66 heavy (non-hydrogen) atoms. The van der Waals surface area contributed by atoms with Crippen molar-refractivity contribution in [2.45, 2.75) is 87.8 Å². The van der Waals surface area contributed by atoms with Crippen LogP contribution in [0.1, 0.15) is 42.0 Å². The summed E-state index contributed by atoms with van der Waals surface area (Å²) in [6.07, 6.45) is 0.572. The highest BCUT2D eigenvalue weighted by molar-refractivity contribution is 7.46. The Morgan fingerprint density at radius 2 is 1.12 bits per heavy atom. The zero-order valence-corrected chi connectivity index (χ0v) is 36.9. The highest BCUT2D eigenvalue weighted by atomic mass is 31.2. The average Bonchev–Trinajstić information content (AvgIpc) is 3.95. The molecule has 0 aliphatic carbocycles. The first kappa shape index (κ1) is 47.1. The fourth-order valence-electron chi connectivity index (χ4n) is 8.34. The molecular weight excluding hydrogens is 870 g/mol. The lowest BCUT2D eigenvalue weighted by Crippen LogP contribution is -2.63. The van der Waals surface area contributed by atoms with Crippen LogP contribution in [0.25, 0.3) is 10.9 Å². The van der Waals surface area contributed by atoms with Gasteiger partial charge in [-0.15, -0.1) is 0 Å². The van der Waals surface area contributed by atoms with Crippen molar-refractivity contribution in [1.29, 1.82) is 0 Å². The van der Waals surface area contributed by atoms with Crippen molar-refractivity contribution in [3.05, 3.63) is 138 Å². The number of amides is 6. The van der Waals surface area contributed by atoms with Crippen molar-refractivity contribution < 1.29 is 52.7 Å². The first-order chi connectivity index (χ1) is 31.6. The number of hydrogen-bond donors (Lipinski definition) is 9. The number of hydrogen-bond acceptors (Lipinski definition) is 9. The standard InChI is InChI=1S/C47H52N7O11P/c1-28(55)41-46(60)51-37(24-31-18-20-33(21-19-31)65-66(62,63)64)42(56)49-36(23-29-11-4-2-5-12-29)43(57)52-39(25-30-13-6-3-7-14-30)47(61)54-22-10-17-40(54)45(59)50-38(44(58)53-41)26-32-27-48-35-16-9-8-15-34(32)35/h2-9,11-16,18-21,27-28,36-41,48,55H,10,17,22-26H2,1H3,(H,49,56)(H,50,59)(H,51,60)(H,52,57)(H,53,58)(H2,62,63,64)/t28-,36+,37+,38+,39+,40-,41+/m1/s1. The minimum atomic E-state index is -4.90. The number of phosphoric acid groups is 1. The molecule has 0 saturated carbocycles. The highest BCUT2D eigenvalue weighted by Crippen LogP contribution is 2.37. The Morgan fingerprint density at radius 1 is 0.621 bits per heavy atom. The predicted octanol–water partition coefficient (Wildman–Crippen LogP) is 1.72. The number of aliphatic hydroxyl groups is 1. The number of carbonyl (C=O) groups excluding carboxylic acids is 6. The van der Waals surface area contributed by atoms with Crippen LogP contribution in [0.3, 0.4) is 0 Å². The molecule has 19 heteroatoms. The van der Waals surface area contributed by atoms with E-state index in [0.717, 1.165) is 10.9 Å². The Kier molecular flexibility index (Phi) is 15.0. The van der Waals surface area contributed by atoms with Gasteiger partial charge >= 0.3 is 7.82 Å². The maximum Gasteiger partial charge on any atom is 0.524 e. The van der Waals surface area contributed by atoms with Crippen LogP contribution in [-0.4, -0.2) is 109 Å². The summed E-state index contributed by atoms with van der Waals surface area (Å²) < 4.78 is 16.1. The van der Waals surface area contributed by atoms with Crippen LogP contribution in [-0.2, 0) is 59.0 Å². The van der Waals surface area contributed by atoms with Gasteiger partial charge in [-0.1, -0.05) is 91.0 Å². The van der Waals surface area contributed by atoms with E-state index in [1.807, 2.05) is 30.3 Å². The van der Waals surface area contributed by atoms with Crippen molar-refractivity contribution in [2.24, 2.45) is 0 Å². The summed E-state index contributed by atoms with van der Waals surface area (Å²) in [6, 6.07) is 22.5. The molecule has 0 unspecified atom stereocenters. The third-order valence-corrected chi connectivity index (χ3v) is 12.1. The Hall–Kier alpha value is -6.85. The number of H-pyrrole nitrogens is 1. The van der Waals surface area contributed by atoms with Gasteiger partial charge in [-0.25, -0.2) is 4.57 Å². The summed E-state index contributed by atoms with van der Waals surface area (Å²) in [5.74, 6) is -4.71. The lowest BCUT2D eigenvalue weighted by molar-refractivity contribution is -0.143. The van der Waals surface area contributed by atoms with Crippen LogP contribution < -0.4 is 31.1 Å². The molecule has 2 fully saturated rings. The molecule has 4 aromatic carbocycles. The summed E-state index contributed by atoms with van der Waals surface area (Å²) in [5, 5.41) is 25.5. The van der Waals surface area contributed by atoms with E-state index in [1.54, 1.807) is 60.8 Å². The van der Waals surface area contributed by atoms with E-state index in [0.29, 0.717) is 28.7 Å². The number of fused-ring (bicyclic) bond motifs is 2. The smallest absolute Gasteiger partial charge is 0.404 e. The van der Waals surface area contributed by atoms with Gasteiger partial charge in [-0.05, 0) is 60.2 Å². The van der Waals surface area contributed by atoms with Gasteiger partial charge in [0.25, 0.3) is 0 Å². The fourth-order valence-corrected chi connectivity index (χ4v) is 8.74. The first-order valence-corrected chi connectivity index (χ1v) is 23.1. The molecule has 0 bridgehead atoms. The lowest BCUT2D eigenvalue weighted by atomic mass is 9.99. The van der Waals surface area contributed by atoms with Gasteiger partial charge in [0.1, 0.15) is 42.0 Å². The number of carbonyl (C=O) groups is 6. The summed E-state index contributed by atoms with van der Waals surface area (Å²) in [6.45, 7) is 1.45. The molecular formula is C47H52N7O11P. The van der Waals surface area contributed by atoms with E-state index in [1.165, 1.54) is 36.1 Å². The summed E-state index contributed by atoms with van der Waals surface area (Å²) in [5.41, 5.74) is 3.19. The molecule has 0 spiro atoms. The van der Waals surface area contributed by atoms with Gasteiger partial charge in [-0.2, -0.15) is 0 Å². The number of nitrogens with zero attached hydrogens (tertiary/aromatic N) is 1. The van der Waals surface area contributed by atoms with Crippen LogP contribution >= 0.6 is 7.82 Å². The molecule has 2 aliphatic heterocycles. The highest BCUT2D eigenvalue weighted by Gasteiger charge is 2.41. The minimum absolute atomic E-state index is 0.0367. The van der Waals surface area contributed by atoms with Gasteiger partial charge in [0.15, 0.2) is 0 Å². The van der Waals surface area contributed by atoms with E-state index in [9.17, 15) is 48.2 Å². The third kappa shape index (κ3) is 12.1. The Bertz CT molecular complexity index is 2590. The molecule has 346 valence electrons. The molecule has 2 aliphatic rings. The van der Waals surface area contributed by atoms with E-state index in [4.69, 9.17) is 0 Å². The van der Waals surface area contributed by atoms with E-state index in [-0.39, 0.29) is 44.4 Å². The average molecular weight is 922 g/mol. The Labute approximate surface area is 380 Å². The molecule has 1 aromatic heterocycles. The number of aromatic nitrogens is 1. The lowest BCUT2D eigenvalue weighted by Gasteiger charge is -2.32. The molecule has 7 rings (SSSR count). The van der Waals surface area contributed by atoms with Crippen LogP contribution in [0.2, 0.25) is 0 Å². The van der Waals surface area contributed by atoms with Gasteiger partial charge < -0.3 is 46.1 Å². The predicted molar refractivity (Wildman–Crippen MR) is 241 cm³/mol. The molecule has 3 heterocycles. The van der Waals surface area contributed by atoms with Crippen LogP contribution in [0.5, 0.6) is 5.75 Å². The molecule has 18 nitrogen and oxygen atoms in total. The normalized spacial score (nSPS) is 23.1. The Balaban J connectivity index is 1.28. The Morgan fingerprint density at radius 3 is 1.73 bits per heavy atom. The van der Waals surface area contributed by atoms with E-state index in [2.05, 4.69) is 36.1 Å². The number of para-hydroxylation sites is 1. The number of benzene rings is 4. The van der Waals surface area contributed by atoms with Crippen LogP contribution in [0.15, 0.2) is 115 Å². The second-order valence-corrected chi connectivity index (χ2v) is 17.7. The summed E-state index contributed by atoms with van der Waals surface area (Å²) in [7, 11) is -4.90. The monoisotopic (exact) mass is 921 g/mol. The van der Waals surface area contributed by atoms with Crippen molar-refractivity contribution in [3.63, 3.8) is 0 Å². The van der Waals surface area contributed by atoms with Gasteiger partial charge in [0, 0.05) is 49.3 Å². The summed E-state index contributed by atoms with van der Waals surface area (Å²) >= 11 is 0. The molecule has 0 radical (unpaired) electrons. The molecule has 5 aromatic rings. The molecule has 7 atom stereocenters. The molecule has 9 N–H and O–H groups in total. The topological polar surface area (TPSA) is 269 Å². The summed E-state index contributed by atoms with van der Waals surface area (Å²) in [4.78, 5) is 110. The number of phosphoric ester groups is 1. The fraction of sp³-hybridized carbons (Fsp3) is 0.319. The van der Waals surface area contributed by atoms with Crippen molar-refractivity contribution in [3.8, 4) is 5.75 Å². The first-order valence-electron chi connectivity index (χ1n) is 21.6. The SMILES string of the molecule is C[C@@H](O)[C@@H]1NC(=O)[C@H](Cc2c[nH]c3ccccc23)NC(=O)[C@H]2CCCN2C(=O)[C@H](Cc2ccccc2)NC(=O)[C@H](Cc2ccccc2)NC(=O)[C@H](Cc2ccc(OP(=O)(O)O)cc2)NC1=O. The maximum absolute atomic E-state index is 14.7. The second kappa shape index (κ2) is 21.0. The quantitative estimate of drug-likeness (QED) is 0.0862. The van der Waals surface area contributed by atoms with Gasteiger partial charge in [-0.3, -0.25) is 38.6 Å². The zero-order valence-electron chi connectivity index (χ0n) is 36.0. The second-order valence-electron chi connectivity index (χ2n) is 16.5. The van der Waals surface area contributed by atoms with E-state index < -0.39 is 85.6 Å². The number of aliphatic hydroxyl groups excluding tert-OH is 1. The van der Waals surface area contributed by atoms with Crippen molar-refractivity contribution >= 4 is 54.2 Å². The minimum Gasteiger partial charge on any atom is -0.404 e.